The van der Waals surface area contributed by atoms with E-state index in [-0.39, 0.29) is 0 Å². The lowest BCUT2D eigenvalue weighted by molar-refractivity contribution is -0.161. The number of ether oxygens (including phenoxy) is 2. The summed E-state index contributed by atoms with van der Waals surface area (Å²) in [5, 5.41) is 18.2. The molecule has 0 unspecified atom stereocenters. The molecule has 0 aromatic heterocycles. The van der Waals surface area contributed by atoms with Gasteiger partial charge in [0.15, 0.2) is 11.9 Å². The summed E-state index contributed by atoms with van der Waals surface area (Å²) in [6.07, 6.45) is -3.13. The van der Waals surface area contributed by atoms with Crippen LogP contribution in [-0.2, 0) is 14.3 Å². The number of nitrogens with two attached hydrogens (primary N) is 1. The van der Waals surface area contributed by atoms with Crippen molar-refractivity contribution in [2.75, 3.05) is 6.61 Å². The van der Waals surface area contributed by atoms with E-state index in [2.05, 4.69) is 0 Å². The molecule has 5 N–H and O–H groups in total. The molecule has 7 heteroatoms. The summed E-state index contributed by atoms with van der Waals surface area (Å²) in [5.74, 6) is 3.38. The Morgan fingerprint density at radius 1 is 1.60 bits per heavy atom. The van der Waals surface area contributed by atoms with Crippen LogP contribution < -0.4 is 11.3 Å². The fraction of sp³-hybridized carbons (Fsp3) is 0.875. The lowest BCUT2D eigenvalue weighted by Crippen LogP contribution is -2.48. The lowest BCUT2D eigenvalue weighted by Gasteiger charge is -2.19. The number of hydrogen-bond acceptors (Lipinski definition) is 6. The van der Waals surface area contributed by atoms with Gasteiger partial charge in [0.25, 0.3) is 5.91 Å². The lowest BCUT2D eigenvalue weighted by atomic mass is 10.1. The van der Waals surface area contributed by atoms with Gasteiger partial charge >= 0.3 is 0 Å². The van der Waals surface area contributed by atoms with Gasteiger partial charge in [-0.1, -0.05) is 0 Å². The minimum absolute atomic E-state index is 0.515. The average molecular weight is 220 g/mol. The van der Waals surface area contributed by atoms with Crippen LogP contribution in [0.25, 0.3) is 0 Å². The first-order valence-corrected chi connectivity index (χ1v) is 4.56. The minimum atomic E-state index is -1.19. The van der Waals surface area contributed by atoms with Crippen LogP contribution in [0.3, 0.4) is 0 Å². The second-order valence-corrected chi connectivity index (χ2v) is 3.78. The first kappa shape index (κ1) is 12.3. The van der Waals surface area contributed by atoms with Crippen molar-refractivity contribution in [2.24, 2.45) is 5.84 Å². The molecule has 88 valence electrons. The van der Waals surface area contributed by atoms with Crippen molar-refractivity contribution >= 4 is 5.91 Å². The highest BCUT2D eigenvalue weighted by Crippen LogP contribution is 2.29. The summed E-state index contributed by atoms with van der Waals surface area (Å²) in [6.45, 7) is 2.69. The molecule has 0 radical (unpaired) electrons. The van der Waals surface area contributed by atoms with Gasteiger partial charge in [0.05, 0.1) is 6.61 Å². The molecule has 0 aliphatic carbocycles. The van der Waals surface area contributed by atoms with Crippen molar-refractivity contribution in [3.8, 4) is 0 Å². The molecule has 1 saturated heterocycles. The maximum absolute atomic E-state index is 11.3. The van der Waals surface area contributed by atoms with Crippen molar-refractivity contribution in [3.63, 3.8) is 0 Å². The number of carbonyl (C=O) groups is 1. The van der Waals surface area contributed by atoms with Gasteiger partial charge in [0.1, 0.15) is 12.2 Å². The SMILES string of the molecule is CC1(C)O[C@H]([C@H](O)CO)[C@H](C(=O)NN)O1. The Morgan fingerprint density at radius 2 is 2.20 bits per heavy atom. The van der Waals surface area contributed by atoms with E-state index in [9.17, 15) is 9.90 Å². The summed E-state index contributed by atoms with van der Waals surface area (Å²) in [4.78, 5) is 11.3. The first-order chi connectivity index (χ1) is 6.91. The third-order valence-corrected chi connectivity index (χ3v) is 2.10. The Balaban J connectivity index is 2.79. The standard InChI is InChI=1S/C8H16N2O5/c1-8(2)14-5(4(12)3-11)6(15-8)7(13)10-9/h4-6,11-12H,3,9H2,1-2H3,(H,10,13)/t4-,5-,6-/m1/s1. The highest BCUT2D eigenvalue weighted by atomic mass is 16.8. The van der Waals surface area contributed by atoms with E-state index in [1.165, 1.54) is 0 Å². The van der Waals surface area contributed by atoms with E-state index in [0.717, 1.165) is 0 Å². The topological polar surface area (TPSA) is 114 Å². The number of nitrogens with one attached hydrogen (secondary N) is 1. The molecule has 3 atom stereocenters. The van der Waals surface area contributed by atoms with Crippen LogP contribution in [0.1, 0.15) is 13.8 Å². The van der Waals surface area contributed by atoms with E-state index in [0.29, 0.717) is 0 Å². The second kappa shape index (κ2) is 4.42. The summed E-state index contributed by atoms with van der Waals surface area (Å²) >= 11 is 0. The molecule has 1 heterocycles. The molecule has 1 fully saturated rings. The van der Waals surface area contributed by atoms with Gasteiger partial charge in [0, 0.05) is 0 Å². The van der Waals surface area contributed by atoms with Gasteiger partial charge in [-0.2, -0.15) is 0 Å². The Hall–Kier alpha value is -0.730. The summed E-state index contributed by atoms with van der Waals surface area (Å²) in [5.41, 5.74) is 1.92. The summed E-state index contributed by atoms with van der Waals surface area (Å²) in [7, 11) is 0. The smallest absolute Gasteiger partial charge is 0.265 e. The van der Waals surface area contributed by atoms with Gasteiger partial charge in [-0.05, 0) is 13.8 Å². The van der Waals surface area contributed by atoms with E-state index >= 15 is 0 Å². The highest BCUT2D eigenvalue weighted by Gasteiger charge is 2.48. The molecule has 0 bridgehead atoms. The van der Waals surface area contributed by atoms with Gasteiger partial charge in [-0.15, -0.1) is 0 Å². The summed E-state index contributed by atoms with van der Waals surface area (Å²) in [6, 6.07) is 0. The first-order valence-electron chi connectivity index (χ1n) is 4.56. The van der Waals surface area contributed by atoms with Crippen LogP contribution in [0.5, 0.6) is 0 Å². The van der Waals surface area contributed by atoms with Crippen LogP contribution in [0.4, 0.5) is 0 Å². The zero-order valence-corrected chi connectivity index (χ0v) is 8.64. The van der Waals surface area contributed by atoms with Crippen molar-refractivity contribution in [1.29, 1.82) is 0 Å². The number of aliphatic hydroxyl groups is 2. The van der Waals surface area contributed by atoms with Crippen LogP contribution >= 0.6 is 0 Å². The molecule has 0 aromatic carbocycles. The molecule has 15 heavy (non-hydrogen) atoms. The third-order valence-electron chi connectivity index (χ3n) is 2.10. The van der Waals surface area contributed by atoms with E-state index in [1.54, 1.807) is 13.8 Å². The molecule has 0 saturated carbocycles. The molecule has 1 aliphatic heterocycles. The normalized spacial score (nSPS) is 31.3. The van der Waals surface area contributed by atoms with Gasteiger partial charge in [0.2, 0.25) is 0 Å². The van der Waals surface area contributed by atoms with Gasteiger partial charge in [-0.25, -0.2) is 5.84 Å². The van der Waals surface area contributed by atoms with Gasteiger partial charge < -0.3 is 19.7 Å². The number of amides is 1. The zero-order chi connectivity index (χ0) is 11.6. The van der Waals surface area contributed by atoms with Crippen LogP contribution in [0.2, 0.25) is 0 Å². The molecular formula is C8H16N2O5. The number of hydrazine groups is 1. The predicted molar refractivity (Wildman–Crippen MR) is 49.2 cm³/mol. The van der Waals surface area contributed by atoms with Crippen molar-refractivity contribution in [3.05, 3.63) is 0 Å². The van der Waals surface area contributed by atoms with E-state index < -0.39 is 36.6 Å². The molecule has 0 spiro atoms. The maximum Gasteiger partial charge on any atom is 0.265 e. The molecule has 0 aromatic rings. The molecule has 1 aliphatic rings. The number of carbonyl (C=O) groups excluding carboxylic acids is 1. The third kappa shape index (κ3) is 2.64. The highest BCUT2D eigenvalue weighted by molar-refractivity contribution is 5.81. The average Bonchev–Trinajstić information content (AvgIpc) is 2.52. The fourth-order valence-electron chi connectivity index (χ4n) is 1.46. The molecule has 1 amide bonds. The fourth-order valence-corrected chi connectivity index (χ4v) is 1.46. The number of aliphatic hydroxyl groups excluding tert-OH is 2. The molecular weight excluding hydrogens is 204 g/mol. The Kier molecular flexibility index (Phi) is 3.63. The Labute approximate surface area is 87.1 Å². The minimum Gasteiger partial charge on any atom is -0.394 e. The zero-order valence-electron chi connectivity index (χ0n) is 8.64. The Morgan fingerprint density at radius 3 is 2.67 bits per heavy atom. The van der Waals surface area contributed by atoms with Gasteiger partial charge in [-0.3, -0.25) is 10.2 Å². The van der Waals surface area contributed by atoms with Crippen LogP contribution in [-0.4, -0.2) is 46.8 Å². The van der Waals surface area contributed by atoms with E-state index in [1.807, 2.05) is 5.43 Å². The largest absolute Gasteiger partial charge is 0.394 e. The van der Waals surface area contributed by atoms with E-state index in [4.69, 9.17) is 20.4 Å². The van der Waals surface area contributed by atoms with Crippen molar-refractivity contribution in [2.45, 2.75) is 37.9 Å². The maximum atomic E-state index is 11.3. The predicted octanol–water partition coefficient (Wildman–Crippen LogP) is -2.15. The molecule has 7 nitrogen and oxygen atoms in total. The monoisotopic (exact) mass is 220 g/mol. The number of rotatable bonds is 3. The molecule has 1 rings (SSSR count). The number of hydrogen-bond donors (Lipinski definition) is 4. The van der Waals surface area contributed by atoms with Crippen LogP contribution in [0.15, 0.2) is 0 Å². The quantitative estimate of drug-likeness (QED) is 0.245. The van der Waals surface area contributed by atoms with Crippen LogP contribution in [0, 0.1) is 0 Å². The van der Waals surface area contributed by atoms with Crippen molar-refractivity contribution < 1.29 is 24.5 Å². The summed E-state index contributed by atoms with van der Waals surface area (Å²) < 4.78 is 10.5. The van der Waals surface area contributed by atoms with Crippen molar-refractivity contribution in [1.82, 2.24) is 5.43 Å². The second-order valence-electron chi connectivity index (χ2n) is 3.78. The Bertz CT molecular complexity index is 245.